The van der Waals surface area contributed by atoms with Crippen molar-refractivity contribution in [1.82, 2.24) is 0 Å². The highest BCUT2D eigenvalue weighted by Crippen LogP contribution is 2.34. The van der Waals surface area contributed by atoms with Crippen molar-refractivity contribution in [2.24, 2.45) is 0 Å². The zero-order valence-electron chi connectivity index (χ0n) is 8.27. The highest BCUT2D eigenvalue weighted by molar-refractivity contribution is 6.62. The fraction of sp³-hybridized carbons (Fsp3) is 1.00. The molecule has 9 heteroatoms. The van der Waals surface area contributed by atoms with Crippen LogP contribution in [0.1, 0.15) is 0 Å². The first-order chi connectivity index (χ1) is 6.78. The second-order valence-corrected chi connectivity index (χ2v) is 5.49. The van der Waals surface area contributed by atoms with E-state index in [0.29, 0.717) is 0 Å². The van der Waals surface area contributed by atoms with Crippen LogP contribution in [0.5, 0.6) is 0 Å². The highest BCUT2D eigenvalue weighted by atomic mass is 28.4. The topological polar surface area (TPSA) is 27.7 Å². The second kappa shape index (κ2) is 5.19. The summed E-state index contributed by atoms with van der Waals surface area (Å²) in [5, 5.41) is 0. The normalized spacial score (nSPS) is 15.8. The molecule has 1 unspecified atom stereocenters. The maximum absolute atomic E-state index is 13.2. The largest absolute Gasteiger partial charge is 0.542 e. The van der Waals surface area contributed by atoms with Crippen LogP contribution in [0.15, 0.2) is 0 Å². The summed E-state index contributed by atoms with van der Waals surface area (Å²) in [5.74, 6) is -8.18. The first-order valence-corrected chi connectivity index (χ1v) is 5.54. The van der Waals surface area contributed by atoms with E-state index in [-0.39, 0.29) is 0 Å². The van der Waals surface area contributed by atoms with Crippen LogP contribution >= 0.6 is 0 Å². The van der Waals surface area contributed by atoms with Crippen LogP contribution in [0, 0.1) is 0 Å². The Morgan fingerprint density at radius 2 is 1.27 bits per heavy atom. The summed E-state index contributed by atoms with van der Waals surface area (Å²) in [4.78, 5) is 0. The van der Waals surface area contributed by atoms with Crippen LogP contribution in [-0.2, 0) is 13.3 Å². The molecule has 0 saturated carbocycles. The molecule has 0 aromatic rings. The molecule has 15 heavy (non-hydrogen) atoms. The molecule has 0 aromatic heterocycles. The van der Waals surface area contributed by atoms with Gasteiger partial charge in [0.05, 0.1) is 0 Å². The molecule has 0 aliphatic heterocycles. The average molecular weight is 254 g/mol. The van der Waals surface area contributed by atoms with Crippen LogP contribution in [0.2, 0.25) is 0 Å². The van der Waals surface area contributed by atoms with Gasteiger partial charge in [-0.3, -0.25) is 0 Å². The van der Waals surface area contributed by atoms with E-state index in [1.165, 1.54) is 0 Å². The molecule has 0 rings (SSSR count). The number of alkyl halides is 5. The fourth-order valence-corrected chi connectivity index (χ4v) is 2.62. The van der Waals surface area contributed by atoms with Crippen molar-refractivity contribution >= 4 is 8.80 Å². The predicted octanol–water partition coefficient (Wildman–Crippen LogP) is 1.64. The molecular formula is C6H11F5O3Si. The number of hydrogen-bond donors (Lipinski definition) is 0. The summed E-state index contributed by atoms with van der Waals surface area (Å²) in [7, 11) is -1.85. The van der Waals surface area contributed by atoms with Crippen LogP contribution in [0.4, 0.5) is 22.0 Å². The third-order valence-electron chi connectivity index (χ3n) is 1.79. The van der Waals surface area contributed by atoms with Gasteiger partial charge < -0.3 is 13.3 Å². The van der Waals surface area contributed by atoms with Gasteiger partial charge in [-0.25, -0.2) is 13.2 Å². The zero-order chi connectivity index (χ0) is 12.3. The molecule has 92 valence electrons. The van der Waals surface area contributed by atoms with Gasteiger partial charge in [0.15, 0.2) is 0 Å². The minimum absolute atomic E-state index is 0.855. The van der Waals surface area contributed by atoms with Crippen LogP contribution in [0.3, 0.4) is 0 Å². The second-order valence-electron chi connectivity index (χ2n) is 2.55. The molecule has 0 aromatic carbocycles. The summed E-state index contributed by atoms with van der Waals surface area (Å²) in [5.41, 5.74) is 0. The summed E-state index contributed by atoms with van der Waals surface area (Å²) in [6.45, 7) is 0. The van der Waals surface area contributed by atoms with Crippen molar-refractivity contribution in [3.63, 3.8) is 0 Å². The quantitative estimate of drug-likeness (QED) is 0.533. The van der Waals surface area contributed by atoms with E-state index >= 15 is 0 Å². The molecule has 0 spiro atoms. The molecule has 1 atom stereocenters. The molecule has 0 aliphatic carbocycles. The molecule has 0 aliphatic rings. The van der Waals surface area contributed by atoms with Gasteiger partial charge in [-0.1, -0.05) is 0 Å². The fourth-order valence-electron chi connectivity index (χ4n) is 0.907. The molecule has 0 N–H and O–H groups in total. The monoisotopic (exact) mass is 254 g/mol. The first kappa shape index (κ1) is 14.7. The predicted molar refractivity (Wildman–Crippen MR) is 42.6 cm³/mol. The summed E-state index contributed by atoms with van der Waals surface area (Å²) in [6, 6.07) is 0. The summed E-state index contributed by atoms with van der Waals surface area (Å²) >= 11 is 0. The molecule has 0 amide bonds. The van der Waals surface area contributed by atoms with Crippen molar-refractivity contribution in [3.8, 4) is 0 Å². The van der Waals surface area contributed by atoms with E-state index < -0.39 is 26.9 Å². The molecule has 0 bridgehead atoms. The lowest BCUT2D eigenvalue weighted by atomic mass is 10.4. The highest BCUT2D eigenvalue weighted by Gasteiger charge is 2.65. The number of rotatable bonds is 6. The number of hydrogen-bond acceptors (Lipinski definition) is 3. The molecule has 0 fully saturated rings. The standard InChI is InChI=1S/C6H11F5O3Si/c1-12-15(13-2,14-3)5(9)6(10,11)4(7)8/h4-5H,1-3H3. The minimum atomic E-state index is -4.87. The third-order valence-corrected chi connectivity index (χ3v) is 4.51. The van der Waals surface area contributed by atoms with Crippen LogP contribution < -0.4 is 0 Å². The van der Waals surface area contributed by atoms with E-state index in [2.05, 4.69) is 13.3 Å². The maximum Gasteiger partial charge on any atom is 0.542 e. The van der Waals surface area contributed by atoms with Crippen molar-refractivity contribution in [2.45, 2.75) is 18.1 Å². The minimum Gasteiger partial charge on any atom is -0.375 e. The van der Waals surface area contributed by atoms with Gasteiger partial charge in [-0.15, -0.1) is 0 Å². The lowest BCUT2D eigenvalue weighted by Crippen LogP contribution is -2.61. The molecule has 0 heterocycles. The summed E-state index contributed by atoms with van der Waals surface area (Å²) < 4.78 is 75.3. The Bertz CT molecular complexity index is 191. The smallest absolute Gasteiger partial charge is 0.375 e. The lowest BCUT2D eigenvalue weighted by molar-refractivity contribution is -0.166. The molecule has 0 radical (unpaired) electrons. The van der Waals surface area contributed by atoms with E-state index in [1.54, 1.807) is 0 Å². The van der Waals surface area contributed by atoms with Gasteiger partial charge in [-0.05, 0) is 0 Å². The Morgan fingerprint density at radius 1 is 0.933 bits per heavy atom. The Balaban J connectivity index is 5.01. The molecule has 0 saturated heterocycles. The van der Waals surface area contributed by atoms with Crippen LogP contribution in [0.25, 0.3) is 0 Å². The van der Waals surface area contributed by atoms with Gasteiger partial charge in [-0.2, -0.15) is 8.78 Å². The van der Waals surface area contributed by atoms with E-state index in [1.807, 2.05) is 0 Å². The number of halogens is 5. The van der Waals surface area contributed by atoms with Crippen molar-refractivity contribution < 1.29 is 35.2 Å². The van der Waals surface area contributed by atoms with Gasteiger partial charge in [0, 0.05) is 21.3 Å². The Hall–Kier alpha value is -0.253. The van der Waals surface area contributed by atoms with Crippen molar-refractivity contribution in [3.05, 3.63) is 0 Å². The zero-order valence-corrected chi connectivity index (χ0v) is 9.27. The van der Waals surface area contributed by atoms with Crippen molar-refractivity contribution in [2.75, 3.05) is 21.3 Å². The Kier molecular flexibility index (Phi) is 5.10. The van der Waals surface area contributed by atoms with Crippen molar-refractivity contribution in [1.29, 1.82) is 0 Å². The molecular weight excluding hydrogens is 243 g/mol. The summed E-state index contributed by atoms with van der Waals surface area (Å²) in [6.07, 6.45) is -4.15. The molecule has 3 nitrogen and oxygen atoms in total. The van der Waals surface area contributed by atoms with E-state index in [9.17, 15) is 22.0 Å². The van der Waals surface area contributed by atoms with Gasteiger partial charge in [0.25, 0.3) is 0 Å². The maximum atomic E-state index is 13.2. The van der Waals surface area contributed by atoms with Gasteiger partial charge in [0.2, 0.25) is 5.79 Å². The van der Waals surface area contributed by atoms with Gasteiger partial charge in [0.1, 0.15) is 0 Å². The van der Waals surface area contributed by atoms with Gasteiger partial charge >= 0.3 is 21.2 Å². The third kappa shape index (κ3) is 2.65. The SMILES string of the molecule is CO[Si](OC)(OC)C(F)C(F)(F)C(F)F. The van der Waals surface area contributed by atoms with E-state index in [0.717, 1.165) is 21.3 Å². The first-order valence-electron chi connectivity index (χ1n) is 3.74. The van der Waals surface area contributed by atoms with E-state index in [4.69, 9.17) is 0 Å². The average Bonchev–Trinajstić information content (AvgIpc) is 2.20. The Labute approximate surface area is 84.5 Å². The Morgan fingerprint density at radius 3 is 1.47 bits per heavy atom. The van der Waals surface area contributed by atoms with Crippen LogP contribution in [-0.4, -0.2) is 48.3 Å². The lowest BCUT2D eigenvalue weighted by Gasteiger charge is -2.31.